The third-order valence-electron chi connectivity index (χ3n) is 5.35. The average Bonchev–Trinajstić information content (AvgIpc) is 3.20. The molecule has 0 fully saturated rings. The molecule has 1 N–H and O–H groups in total. The van der Waals surface area contributed by atoms with E-state index in [-0.39, 0.29) is 5.91 Å². The highest BCUT2D eigenvalue weighted by Crippen LogP contribution is 2.41. The molecule has 33 heavy (non-hydrogen) atoms. The fourth-order valence-electron chi connectivity index (χ4n) is 3.81. The van der Waals surface area contributed by atoms with Gasteiger partial charge in [0.2, 0.25) is 5.91 Å². The first-order chi connectivity index (χ1) is 15.9. The maximum absolute atomic E-state index is 12.7. The summed E-state index contributed by atoms with van der Waals surface area (Å²) in [5, 5.41) is 5.02. The Morgan fingerprint density at radius 3 is 2.55 bits per heavy atom. The van der Waals surface area contributed by atoms with Gasteiger partial charge in [-0.3, -0.25) is 4.79 Å². The molecule has 0 bridgehead atoms. The smallest absolute Gasteiger partial charge is 0.248 e. The maximum atomic E-state index is 12.7. The summed E-state index contributed by atoms with van der Waals surface area (Å²) in [5.74, 6) is 0.450. The van der Waals surface area contributed by atoms with Gasteiger partial charge in [0, 0.05) is 43.9 Å². The molecule has 1 amide bonds. The molecule has 1 aromatic heterocycles. The number of fused-ring (bicyclic) bond motifs is 1. The van der Waals surface area contributed by atoms with Crippen LogP contribution in [0.25, 0.3) is 27.7 Å². The molecule has 4 aromatic rings. The molecule has 0 aliphatic rings. The molecule has 0 saturated carbocycles. The van der Waals surface area contributed by atoms with Gasteiger partial charge >= 0.3 is 0 Å². The minimum atomic E-state index is -0.250. The molecule has 168 valence electrons. The predicted molar refractivity (Wildman–Crippen MR) is 136 cm³/mol. The molecule has 0 radical (unpaired) electrons. The van der Waals surface area contributed by atoms with Gasteiger partial charge in [0.05, 0.1) is 12.9 Å². The van der Waals surface area contributed by atoms with Crippen molar-refractivity contribution in [1.82, 2.24) is 0 Å². The number of ether oxygens (including phenoxy) is 1. The van der Waals surface area contributed by atoms with Gasteiger partial charge in [-0.15, -0.1) is 0 Å². The number of furan rings is 1. The van der Waals surface area contributed by atoms with Gasteiger partial charge in [0.15, 0.2) is 0 Å². The lowest BCUT2D eigenvalue weighted by Gasteiger charge is -2.15. The van der Waals surface area contributed by atoms with Gasteiger partial charge in [-0.1, -0.05) is 41.4 Å². The summed E-state index contributed by atoms with van der Waals surface area (Å²) in [5.41, 5.74) is 5.81. The van der Waals surface area contributed by atoms with Crippen LogP contribution in [0.1, 0.15) is 25.0 Å². The summed E-state index contributed by atoms with van der Waals surface area (Å²) in [4.78, 5) is 12.7. The van der Waals surface area contributed by atoms with Crippen LogP contribution in [-0.4, -0.2) is 12.5 Å². The van der Waals surface area contributed by atoms with Crippen LogP contribution in [0.2, 0.25) is 10.0 Å². The molecule has 3 aromatic carbocycles. The van der Waals surface area contributed by atoms with Crippen molar-refractivity contribution in [1.29, 1.82) is 0 Å². The van der Waals surface area contributed by atoms with Crippen LogP contribution in [-0.2, 0) is 4.79 Å². The van der Waals surface area contributed by atoms with E-state index in [0.717, 1.165) is 38.8 Å². The molecular formula is C27H23Cl2NO3. The van der Waals surface area contributed by atoms with Crippen LogP contribution in [0.4, 0.5) is 5.69 Å². The van der Waals surface area contributed by atoms with Gasteiger partial charge in [-0.2, -0.15) is 0 Å². The topological polar surface area (TPSA) is 51.5 Å². The zero-order valence-electron chi connectivity index (χ0n) is 18.5. The van der Waals surface area contributed by atoms with Crippen LogP contribution in [0.15, 0.2) is 71.4 Å². The van der Waals surface area contributed by atoms with Crippen molar-refractivity contribution < 1.29 is 13.9 Å². The molecule has 0 spiro atoms. The number of aryl methyl sites for hydroxylation is 1. The summed E-state index contributed by atoms with van der Waals surface area (Å²) in [6.07, 6.45) is 3.30. The molecule has 0 aliphatic carbocycles. The second-order valence-corrected chi connectivity index (χ2v) is 8.54. The monoisotopic (exact) mass is 479 g/mol. The molecule has 0 atom stereocenters. The van der Waals surface area contributed by atoms with Crippen molar-refractivity contribution >= 4 is 51.3 Å². The second kappa shape index (κ2) is 9.74. The number of anilines is 1. The Morgan fingerprint density at radius 2 is 1.85 bits per heavy atom. The van der Waals surface area contributed by atoms with E-state index in [0.29, 0.717) is 28.1 Å². The van der Waals surface area contributed by atoms with Crippen LogP contribution in [0, 0.1) is 6.92 Å². The standard InChI is InChI=1S/C27H23Cl2NO3/c1-4-32-26-17(3)27-23(24(15-33-27)18-8-10-19(28)11-9-18)14-22(26)16(2)12-25(31)30-21-7-5-6-20(29)13-21/h5-15H,4H2,1-3H3,(H,30,31)/b16-12+. The van der Waals surface area contributed by atoms with Crippen molar-refractivity contribution in [3.63, 3.8) is 0 Å². The average molecular weight is 480 g/mol. The Morgan fingerprint density at radius 1 is 1.09 bits per heavy atom. The van der Waals surface area contributed by atoms with E-state index in [1.807, 2.05) is 51.1 Å². The Balaban J connectivity index is 1.78. The van der Waals surface area contributed by atoms with E-state index < -0.39 is 0 Å². The van der Waals surface area contributed by atoms with Crippen LogP contribution in [0.3, 0.4) is 0 Å². The van der Waals surface area contributed by atoms with Gasteiger partial charge in [0.25, 0.3) is 0 Å². The summed E-state index contributed by atoms with van der Waals surface area (Å²) in [6, 6.07) is 16.7. The van der Waals surface area contributed by atoms with Crippen LogP contribution in [0.5, 0.6) is 5.75 Å². The first kappa shape index (κ1) is 23.0. The highest BCUT2D eigenvalue weighted by atomic mass is 35.5. The number of nitrogens with one attached hydrogen (secondary N) is 1. The Bertz CT molecular complexity index is 1350. The summed E-state index contributed by atoms with van der Waals surface area (Å²) in [6.45, 7) is 6.28. The number of halogens is 2. The fourth-order valence-corrected chi connectivity index (χ4v) is 4.13. The fraction of sp³-hybridized carbons (Fsp3) is 0.148. The van der Waals surface area contributed by atoms with E-state index in [2.05, 4.69) is 5.32 Å². The largest absolute Gasteiger partial charge is 0.493 e. The number of allylic oxidation sites excluding steroid dienone is 1. The number of benzene rings is 3. The number of amides is 1. The van der Waals surface area contributed by atoms with Gasteiger partial charge in [-0.05, 0) is 68.3 Å². The van der Waals surface area contributed by atoms with Crippen molar-refractivity contribution in [2.24, 2.45) is 0 Å². The van der Waals surface area contributed by atoms with Crippen molar-refractivity contribution in [3.8, 4) is 16.9 Å². The Hall–Kier alpha value is -3.21. The molecular weight excluding hydrogens is 457 g/mol. The Kier molecular flexibility index (Phi) is 6.77. The minimum Gasteiger partial charge on any atom is -0.493 e. The van der Waals surface area contributed by atoms with Gasteiger partial charge in [0.1, 0.15) is 11.3 Å². The quantitative estimate of drug-likeness (QED) is 0.283. The normalized spacial score (nSPS) is 11.6. The first-order valence-corrected chi connectivity index (χ1v) is 11.3. The van der Waals surface area contributed by atoms with Crippen molar-refractivity contribution in [2.75, 3.05) is 11.9 Å². The molecule has 0 aliphatic heterocycles. The number of carbonyl (C=O) groups is 1. The number of carbonyl (C=O) groups excluding carboxylic acids is 1. The van der Waals surface area contributed by atoms with Gasteiger partial charge < -0.3 is 14.5 Å². The van der Waals surface area contributed by atoms with E-state index in [9.17, 15) is 4.79 Å². The lowest BCUT2D eigenvalue weighted by Crippen LogP contribution is -2.09. The predicted octanol–water partition coefficient (Wildman–Crippen LogP) is 8.16. The maximum Gasteiger partial charge on any atom is 0.248 e. The highest BCUT2D eigenvalue weighted by Gasteiger charge is 2.19. The zero-order valence-corrected chi connectivity index (χ0v) is 20.1. The lowest BCUT2D eigenvalue weighted by molar-refractivity contribution is -0.111. The second-order valence-electron chi connectivity index (χ2n) is 7.67. The molecule has 4 rings (SSSR count). The highest BCUT2D eigenvalue weighted by molar-refractivity contribution is 6.31. The van der Waals surface area contributed by atoms with E-state index >= 15 is 0 Å². The third-order valence-corrected chi connectivity index (χ3v) is 5.84. The van der Waals surface area contributed by atoms with Crippen LogP contribution >= 0.6 is 23.2 Å². The third kappa shape index (κ3) is 4.92. The number of rotatable bonds is 6. The van der Waals surface area contributed by atoms with Crippen molar-refractivity contribution in [2.45, 2.75) is 20.8 Å². The van der Waals surface area contributed by atoms with E-state index in [1.54, 1.807) is 36.6 Å². The Labute approximate surface area is 202 Å². The molecule has 4 nitrogen and oxygen atoms in total. The van der Waals surface area contributed by atoms with Crippen molar-refractivity contribution in [3.05, 3.63) is 88.1 Å². The molecule has 1 heterocycles. The SMILES string of the molecule is CCOc1c(/C(C)=C/C(=O)Nc2cccc(Cl)c2)cc2c(-c3ccc(Cl)cc3)coc2c1C. The molecule has 0 saturated heterocycles. The summed E-state index contributed by atoms with van der Waals surface area (Å²) >= 11 is 12.1. The molecule has 6 heteroatoms. The van der Waals surface area contributed by atoms with E-state index in [1.165, 1.54) is 0 Å². The zero-order chi connectivity index (χ0) is 23.5. The summed E-state index contributed by atoms with van der Waals surface area (Å²) in [7, 11) is 0. The minimum absolute atomic E-state index is 0.250. The first-order valence-electron chi connectivity index (χ1n) is 10.6. The van der Waals surface area contributed by atoms with Crippen LogP contribution < -0.4 is 10.1 Å². The number of hydrogen-bond acceptors (Lipinski definition) is 3. The van der Waals surface area contributed by atoms with E-state index in [4.69, 9.17) is 32.4 Å². The number of hydrogen-bond donors (Lipinski definition) is 1. The van der Waals surface area contributed by atoms with Gasteiger partial charge in [-0.25, -0.2) is 0 Å². The molecule has 0 unspecified atom stereocenters. The summed E-state index contributed by atoms with van der Waals surface area (Å²) < 4.78 is 11.9. The lowest BCUT2D eigenvalue weighted by atomic mass is 9.96.